The van der Waals surface area contributed by atoms with Crippen molar-refractivity contribution in [1.29, 1.82) is 5.26 Å². The van der Waals surface area contributed by atoms with Gasteiger partial charge in [-0.1, -0.05) is 18.2 Å². The van der Waals surface area contributed by atoms with Crippen LogP contribution < -0.4 is 10.2 Å². The largest absolute Gasteiger partial charge is 0.441 e. The third kappa shape index (κ3) is 4.24. The lowest BCUT2D eigenvalue weighted by molar-refractivity contribution is -0.112. The molecule has 2 aromatic rings. The van der Waals surface area contributed by atoms with Crippen LogP contribution in [-0.2, 0) is 4.79 Å². The van der Waals surface area contributed by atoms with Crippen LogP contribution in [0.25, 0.3) is 6.08 Å². The average molecular weight is 309 g/mol. The van der Waals surface area contributed by atoms with Gasteiger partial charge in [-0.2, -0.15) is 5.26 Å². The van der Waals surface area contributed by atoms with Gasteiger partial charge in [-0.3, -0.25) is 4.79 Å². The van der Waals surface area contributed by atoms with E-state index in [1.807, 2.05) is 49.1 Å². The molecular formula is C18H19N3O2. The lowest BCUT2D eigenvalue weighted by Gasteiger charge is -2.16. The van der Waals surface area contributed by atoms with E-state index >= 15 is 0 Å². The predicted octanol–water partition coefficient (Wildman–Crippen LogP) is 3.67. The second-order valence-electron chi connectivity index (χ2n) is 4.84. The number of nitriles is 1. The maximum absolute atomic E-state index is 12.1. The van der Waals surface area contributed by atoms with Gasteiger partial charge in [0.15, 0.2) is 5.88 Å². The first kappa shape index (κ1) is 16.4. The molecule has 0 bridgehead atoms. The number of nitrogens with zero attached hydrogens (tertiary/aromatic N) is 2. The molecule has 1 aromatic carbocycles. The number of hydrogen-bond donors (Lipinski definition) is 1. The number of anilines is 2. The molecule has 0 saturated carbocycles. The molecule has 0 atom stereocenters. The Morgan fingerprint density at radius 3 is 2.52 bits per heavy atom. The summed E-state index contributed by atoms with van der Waals surface area (Å²) in [5.41, 5.74) is 0.635. The molecule has 1 heterocycles. The minimum absolute atomic E-state index is 0.00528. The summed E-state index contributed by atoms with van der Waals surface area (Å²) in [6, 6.07) is 14.5. The van der Waals surface area contributed by atoms with Gasteiger partial charge >= 0.3 is 0 Å². The molecule has 0 saturated heterocycles. The smallest absolute Gasteiger partial charge is 0.266 e. The van der Waals surface area contributed by atoms with Crippen LogP contribution in [-0.4, -0.2) is 19.0 Å². The van der Waals surface area contributed by atoms with Crippen molar-refractivity contribution < 1.29 is 9.21 Å². The fraction of sp³-hybridized carbons (Fsp3) is 0.222. The summed E-state index contributed by atoms with van der Waals surface area (Å²) in [4.78, 5) is 14.2. The molecule has 118 valence electrons. The van der Waals surface area contributed by atoms with Gasteiger partial charge in [-0.05, 0) is 32.0 Å². The Kier molecular flexibility index (Phi) is 5.59. The van der Waals surface area contributed by atoms with E-state index in [2.05, 4.69) is 5.32 Å². The molecule has 0 radical (unpaired) electrons. The zero-order valence-electron chi connectivity index (χ0n) is 13.2. The number of rotatable bonds is 6. The number of amides is 1. The molecule has 0 spiro atoms. The Bertz CT molecular complexity index is 722. The van der Waals surface area contributed by atoms with E-state index in [0.29, 0.717) is 11.4 Å². The van der Waals surface area contributed by atoms with E-state index in [1.54, 1.807) is 18.2 Å². The predicted molar refractivity (Wildman–Crippen MR) is 90.9 cm³/mol. The van der Waals surface area contributed by atoms with Crippen LogP contribution >= 0.6 is 0 Å². The Labute approximate surface area is 135 Å². The summed E-state index contributed by atoms with van der Waals surface area (Å²) in [7, 11) is 0. The van der Waals surface area contributed by atoms with Gasteiger partial charge in [-0.15, -0.1) is 0 Å². The van der Waals surface area contributed by atoms with Gasteiger partial charge in [0.2, 0.25) is 0 Å². The van der Waals surface area contributed by atoms with E-state index in [4.69, 9.17) is 4.42 Å². The monoisotopic (exact) mass is 309 g/mol. The van der Waals surface area contributed by atoms with E-state index in [-0.39, 0.29) is 5.57 Å². The van der Waals surface area contributed by atoms with E-state index < -0.39 is 5.91 Å². The molecular weight excluding hydrogens is 290 g/mol. The summed E-state index contributed by atoms with van der Waals surface area (Å²) in [6.07, 6.45) is 1.45. The number of nitrogens with one attached hydrogen (secondary N) is 1. The van der Waals surface area contributed by atoms with Gasteiger partial charge < -0.3 is 14.6 Å². The summed E-state index contributed by atoms with van der Waals surface area (Å²) in [5.74, 6) is 0.744. The standard InChI is InChI=1S/C18H19N3O2/c1-3-21(4-2)17-11-10-16(23-17)12-14(13-19)18(22)20-15-8-6-5-7-9-15/h5-12H,3-4H2,1-2H3,(H,20,22)/b14-12-. The van der Waals surface area contributed by atoms with Crippen molar-refractivity contribution in [2.75, 3.05) is 23.3 Å². The molecule has 0 aliphatic rings. The highest BCUT2D eigenvalue weighted by molar-refractivity contribution is 6.09. The van der Waals surface area contributed by atoms with Gasteiger partial charge in [0, 0.05) is 30.9 Å². The number of benzene rings is 1. The zero-order valence-corrected chi connectivity index (χ0v) is 13.2. The van der Waals surface area contributed by atoms with Crippen molar-refractivity contribution in [1.82, 2.24) is 0 Å². The van der Waals surface area contributed by atoms with E-state index in [9.17, 15) is 10.1 Å². The van der Waals surface area contributed by atoms with Gasteiger partial charge in [-0.25, -0.2) is 0 Å². The molecule has 0 aliphatic carbocycles. The van der Waals surface area contributed by atoms with Crippen molar-refractivity contribution in [3.63, 3.8) is 0 Å². The summed E-state index contributed by atoms with van der Waals surface area (Å²) in [5, 5.41) is 11.9. The van der Waals surface area contributed by atoms with Crippen molar-refractivity contribution >= 4 is 23.6 Å². The van der Waals surface area contributed by atoms with E-state index in [1.165, 1.54) is 6.08 Å². The molecule has 1 N–H and O–H groups in total. The maximum Gasteiger partial charge on any atom is 0.266 e. The highest BCUT2D eigenvalue weighted by Crippen LogP contribution is 2.20. The summed E-state index contributed by atoms with van der Waals surface area (Å²) in [6.45, 7) is 5.73. The van der Waals surface area contributed by atoms with Crippen LogP contribution in [0.4, 0.5) is 11.6 Å². The SMILES string of the molecule is CCN(CC)c1ccc(/C=C(/C#N)C(=O)Nc2ccccc2)o1. The van der Waals surface area contributed by atoms with Crippen molar-refractivity contribution in [3.8, 4) is 6.07 Å². The molecule has 0 fully saturated rings. The molecule has 0 aliphatic heterocycles. The second-order valence-corrected chi connectivity index (χ2v) is 4.84. The van der Waals surface area contributed by atoms with Crippen molar-refractivity contribution in [2.45, 2.75) is 13.8 Å². The lowest BCUT2D eigenvalue weighted by Crippen LogP contribution is -2.20. The molecule has 0 unspecified atom stereocenters. The van der Waals surface area contributed by atoms with Gasteiger partial charge in [0.05, 0.1) is 0 Å². The molecule has 1 amide bonds. The fourth-order valence-corrected chi connectivity index (χ4v) is 2.14. The van der Waals surface area contributed by atoms with Gasteiger partial charge in [0.1, 0.15) is 17.4 Å². The number of hydrogen-bond acceptors (Lipinski definition) is 4. The minimum Gasteiger partial charge on any atom is -0.441 e. The van der Waals surface area contributed by atoms with Crippen molar-refractivity contribution in [2.24, 2.45) is 0 Å². The van der Waals surface area contributed by atoms with Crippen LogP contribution in [0.2, 0.25) is 0 Å². The zero-order chi connectivity index (χ0) is 16.7. The van der Waals surface area contributed by atoms with Crippen LogP contribution in [0.5, 0.6) is 0 Å². The fourth-order valence-electron chi connectivity index (χ4n) is 2.14. The van der Waals surface area contributed by atoms with Gasteiger partial charge in [0.25, 0.3) is 5.91 Å². The van der Waals surface area contributed by atoms with Crippen LogP contribution in [0.1, 0.15) is 19.6 Å². The number of furan rings is 1. The second kappa shape index (κ2) is 7.85. The Morgan fingerprint density at radius 2 is 1.91 bits per heavy atom. The quantitative estimate of drug-likeness (QED) is 0.653. The first-order valence-electron chi connectivity index (χ1n) is 7.50. The van der Waals surface area contributed by atoms with Crippen LogP contribution in [0, 0.1) is 11.3 Å². The Balaban J connectivity index is 2.15. The number of para-hydroxylation sites is 1. The lowest BCUT2D eigenvalue weighted by atomic mass is 10.2. The van der Waals surface area contributed by atoms with Crippen LogP contribution in [0.3, 0.4) is 0 Å². The summed E-state index contributed by atoms with van der Waals surface area (Å²) < 4.78 is 5.68. The topological polar surface area (TPSA) is 69.3 Å². The molecule has 5 nitrogen and oxygen atoms in total. The van der Waals surface area contributed by atoms with E-state index in [0.717, 1.165) is 19.0 Å². The summed E-state index contributed by atoms with van der Waals surface area (Å²) >= 11 is 0. The number of carbonyl (C=O) groups excluding carboxylic acids is 1. The average Bonchev–Trinajstić information content (AvgIpc) is 3.03. The highest BCUT2D eigenvalue weighted by Gasteiger charge is 2.12. The normalized spacial score (nSPS) is 10.9. The maximum atomic E-state index is 12.1. The third-order valence-corrected chi connectivity index (χ3v) is 3.37. The molecule has 23 heavy (non-hydrogen) atoms. The number of carbonyl (C=O) groups is 1. The minimum atomic E-state index is -0.459. The van der Waals surface area contributed by atoms with Crippen LogP contribution in [0.15, 0.2) is 52.5 Å². The van der Waals surface area contributed by atoms with Crippen molar-refractivity contribution in [3.05, 3.63) is 53.8 Å². The third-order valence-electron chi connectivity index (χ3n) is 3.37. The Hall–Kier alpha value is -3.00. The highest BCUT2D eigenvalue weighted by atomic mass is 16.4. The Morgan fingerprint density at radius 1 is 1.22 bits per heavy atom. The molecule has 2 rings (SSSR count). The first-order chi connectivity index (χ1) is 11.2. The molecule has 1 aromatic heterocycles. The molecule has 5 heteroatoms. The first-order valence-corrected chi connectivity index (χ1v) is 7.50.